The van der Waals surface area contributed by atoms with Gasteiger partial charge < -0.3 is 15.5 Å². The first-order chi connectivity index (χ1) is 19.4. The van der Waals surface area contributed by atoms with E-state index >= 15 is 0 Å². The predicted octanol–water partition coefficient (Wildman–Crippen LogP) is 0.849. The summed E-state index contributed by atoms with van der Waals surface area (Å²) in [7, 11) is 1.17. The van der Waals surface area contributed by atoms with Gasteiger partial charge in [-0.3, -0.25) is 33.6 Å². The summed E-state index contributed by atoms with van der Waals surface area (Å²) in [5.41, 5.74) is -1.71. The van der Waals surface area contributed by atoms with E-state index in [1.807, 2.05) is 0 Å². The second-order valence-corrected chi connectivity index (χ2v) is 10.5. The van der Waals surface area contributed by atoms with Crippen molar-refractivity contribution in [1.82, 2.24) is 20.6 Å². The van der Waals surface area contributed by atoms with Crippen LogP contribution in [0.15, 0.2) is 35.6 Å². The molecule has 0 aliphatic carbocycles. The van der Waals surface area contributed by atoms with Crippen LogP contribution in [0.5, 0.6) is 0 Å². The molecule has 3 rings (SSSR count). The zero-order valence-corrected chi connectivity index (χ0v) is 23.8. The summed E-state index contributed by atoms with van der Waals surface area (Å²) in [6, 6.07) is 4.88. The molecule has 222 valence electrons. The van der Waals surface area contributed by atoms with Crippen LogP contribution in [0.25, 0.3) is 0 Å². The van der Waals surface area contributed by atoms with Crippen LogP contribution in [0.2, 0.25) is 0 Å². The maximum absolute atomic E-state index is 13.4. The van der Waals surface area contributed by atoms with Crippen molar-refractivity contribution in [2.24, 2.45) is 11.2 Å². The number of benzene rings is 1. The number of carbonyl (C=O) groups is 6. The van der Waals surface area contributed by atoms with Crippen LogP contribution in [0.4, 0.5) is 5.69 Å². The highest BCUT2D eigenvalue weighted by molar-refractivity contribution is 6.15. The molecule has 0 saturated carbocycles. The number of likely N-dealkylation sites (tertiary alicyclic amines) is 1. The second kappa shape index (κ2) is 13.0. The molecule has 5 amide bonds. The molecule has 2 fully saturated rings. The standard InChI is InChI=1S/C27H36N6O8/c1-16(2)22(25(38)32(30-40)18-10-7-6-8-11-18)29-23(36)19-12-9-15-31(19)24(37)17(3)28-26(39)27(4)20(34)13-14-21(35)33(27)41-5/h6-8,10-11,16-17,19,22H,9,12-15H2,1-5H3,(H,28,39)(H,29,36)/t17-,19-,22-,27+/m0/s1. The van der Waals surface area contributed by atoms with Crippen molar-refractivity contribution < 1.29 is 33.6 Å². The average molecular weight is 573 g/mol. The number of para-hydroxylation sites is 1. The molecule has 0 radical (unpaired) electrons. The predicted molar refractivity (Wildman–Crippen MR) is 145 cm³/mol. The molecule has 2 N–H and O–H groups in total. The van der Waals surface area contributed by atoms with Gasteiger partial charge in [-0.25, -0.2) is 0 Å². The van der Waals surface area contributed by atoms with Gasteiger partial charge in [0.2, 0.25) is 23.3 Å². The number of ketones is 1. The summed E-state index contributed by atoms with van der Waals surface area (Å²) in [5, 5.41) is 9.41. The molecule has 2 aliphatic heterocycles. The Balaban J connectivity index is 1.72. The number of Topliss-reactive ketones (excluding diaryl/α,β-unsaturated/α-hetero) is 1. The lowest BCUT2D eigenvalue weighted by Gasteiger charge is -2.40. The number of hydrogen-bond donors (Lipinski definition) is 2. The number of nitrogens with one attached hydrogen (secondary N) is 2. The Morgan fingerprint density at radius 3 is 2.32 bits per heavy atom. The summed E-state index contributed by atoms with van der Waals surface area (Å²) in [6.07, 6.45) is 0.573. The minimum atomic E-state index is -1.96. The molecule has 0 spiro atoms. The highest BCUT2D eigenvalue weighted by Crippen LogP contribution is 2.27. The molecule has 2 aliphatic rings. The van der Waals surface area contributed by atoms with E-state index in [0.29, 0.717) is 22.9 Å². The van der Waals surface area contributed by atoms with Gasteiger partial charge in [0.1, 0.15) is 18.1 Å². The monoisotopic (exact) mass is 572 g/mol. The van der Waals surface area contributed by atoms with Gasteiger partial charge in [0.15, 0.2) is 5.78 Å². The van der Waals surface area contributed by atoms with E-state index in [1.54, 1.807) is 32.0 Å². The summed E-state index contributed by atoms with van der Waals surface area (Å²) in [6.45, 7) is 6.30. The van der Waals surface area contributed by atoms with Crippen molar-refractivity contribution in [2.45, 2.75) is 77.0 Å². The molecule has 4 atom stereocenters. The van der Waals surface area contributed by atoms with Gasteiger partial charge in [0.25, 0.3) is 11.8 Å². The highest BCUT2D eigenvalue weighted by Gasteiger charge is 2.53. The van der Waals surface area contributed by atoms with Crippen molar-refractivity contribution in [3.8, 4) is 0 Å². The number of hydrogen-bond acceptors (Lipinski definition) is 9. The molecule has 14 nitrogen and oxygen atoms in total. The molecule has 2 saturated heterocycles. The first-order valence-electron chi connectivity index (χ1n) is 13.4. The number of piperidine rings is 1. The fraction of sp³-hybridized carbons (Fsp3) is 0.556. The molecule has 1 aromatic rings. The van der Waals surface area contributed by atoms with Gasteiger partial charge in [-0.05, 0) is 44.7 Å². The van der Waals surface area contributed by atoms with Crippen molar-refractivity contribution in [3.05, 3.63) is 35.2 Å². The van der Waals surface area contributed by atoms with Gasteiger partial charge in [0, 0.05) is 19.4 Å². The molecule has 0 unspecified atom stereocenters. The Labute approximate surface area is 237 Å². The second-order valence-electron chi connectivity index (χ2n) is 10.5. The third-order valence-corrected chi connectivity index (χ3v) is 7.44. The van der Waals surface area contributed by atoms with Crippen LogP contribution >= 0.6 is 0 Å². The number of nitroso groups, excluding NO2 is 1. The van der Waals surface area contributed by atoms with Gasteiger partial charge in [-0.15, -0.1) is 4.91 Å². The molecule has 0 bridgehead atoms. The quantitative estimate of drug-likeness (QED) is 0.236. The van der Waals surface area contributed by atoms with Crippen molar-refractivity contribution >= 4 is 41.0 Å². The lowest BCUT2D eigenvalue weighted by molar-refractivity contribution is -0.213. The van der Waals surface area contributed by atoms with Crippen LogP contribution in [-0.4, -0.2) is 82.6 Å². The van der Waals surface area contributed by atoms with E-state index in [1.165, 1.54) is 38.0 Å². The lowest BCUT2D eigenvalue weighted by Crippen LogP contribution is -2.67. The SMILES string of the molecule is CON1C(=O)CCC(=O)[C@]1(C)C(=O)N[C@@H](C)C(=O)N1CCC[C@H]1C(=O)N[C@H](C(=O)N(N=O)c1ccccc1)C(C)C. The number of rotatable bonds is 10. The maximum atomic E-state index is 13.4. The van der Waals surface area contributed by atoms with Crippen LogP contribution in [-0.2, 0) is 33.6 Å². The summed E-state index contributed by atoms with van der Waals surface area (Å²) in [5.74, 6) is -4.27. The molecular formula is C27H36N6O8. The fourth-order valence-corrected chi connectivity index (χ4v) is 5.06. The fourth-order valence-electron chi connectivity index (χ4n) is 5.06. The summed E-state index contributed by atoms with van der Waals surface area (Å²) in [4.78, 5) is 95.9. The van der Waals surface area contributed by atoms with Crippen LogP contribution in [0.3, 0.4) is 0 Å². The van der Waals surface area contributed by atoms with E-state index in [0.717, 1.165) is 0 Å². The first kappa shape index (κ1) is 31.3. The number of amides is 5. The molecule has 0 aromatic heterocycles. The smallest absolute Gasteiger partial charge is 0.272 e. The largest absolute Gasteiger partial charge is 0.342 e. The molecule has 1 aromatic carbocycles. The zero-order chi connectivity index (χ0) is 30.5. The maximum Gasteiger partial charge on any atom is 0.272 e. The number of anilines is 1. The van der Waals surface area contributed by atoms with Crippen molar-refractivity contribution in [1.29, 1.82) is 0 Å². The lowest BCUT2D eigenvalue weighted by atomic mass is 9.87. The van der Waals surface area contributed by atoms with Gasteiger partial charge in [-0.1, -0.05) is 32.0 Å². The molecule has 41 heavy (non-hydrogen) atoms. The van der Waals surface area contributed by atoms with E-state index in [9.17, 15) is 33.7 Å². The van der Waals surface area contributed by atoms with E-state index in [4.69, 9.17) is 4.84 Å². The normalized spacial score (nSPS) is 22.2. The van der Waals surface area contributed by atoms with Gasteiger partial charge >= 0.3 is 0 Å². The highest BCUT2D eigenvalue weighted by atomic mass is 16.7. The Bertz CT molecular complexity index is 1210. The number of nitrogens with zero attached hydrogens (tertiary/aromatic N) is 4. The average Bonchev–Trinajstić information content (AvgIpc) is 3.44. The van der Waals surface area contributed by atoms with E-state index in [-0.39, 0.29) is 25.1 Å². The first-order valence-corrected chi connectivity index (χ1v) is 13.4. The van der Waals surface area contributed by atoms with Crippen molar-refractivity contribution in [3.63, 3.8) is 0 Å². The minimum absolute atomic E-state index is 0.0967. The summed E-state index contributed by atoms with van der Waals surface area (Å²) >= 11 is 0. The van der Waals surface area contributed by atoms with Crippen molar-refractivity contribution in [2.75, 3.05) is 18.7 Å². The topological polar surface area (TPSA) is 175 Å². The Morgan fingerprint density at radius 1 is 1.07 bits per heavy atom. The van der Waals surface area contributed by atoms with E-state index in [2.05, 4.69) is 15.9 Å². The van der Waals surface area contributed by atoms with Gasteiger partial charge in [0.05, 0.1) is 18.1 Å². The van der Waals surface area contributed by atoms with Crippen LogP contribution in [0, 0.1) is 10.8 Å². The number of hydroxylamine groups is 2. The number of carbonyl (C=O) groups excluding carboxylic acids is 6. The van der Waals surface area contributed by atoms with E-state index < -0.39 is 64.9 Å². The zero-order valence-electron chi connectivity index (χ0n) is 23.8. The molecule has 2 heterocycles. The molecular weight excluding hydrogens is 536 g/mol. The minimum Gasteiger partial charge on any atom is -0.342 e. The third kappa shape index (κ3) is 6.26. The third-order valence-electron chi connectivity index (χ3n) is 7.44. The Morgan fingerprint density at radius 2 is 1.73 bits per heavy atom. The van der Waals surface area contributed by atoms with Crippen LogP contribution < -0.4 is 15.6 Å². The van der Waals surface area contributed by atoms with Crippen LogP contribution in [0.1, 0.15) is 53.4 Å². The van der Waals surface area contributed by atoms with Gasteiger partial charge in [-0.2, -0.15) is 10.1 Å². The Kier molecular flexibility index (Phi) is 9.92. The summed E-state index contributed by atoms with van der Waals surface area (Å²) < 4.78 is 0. The molecule has 14 heteroatoms. The Hall–Kier alpha value is -4.20.